The van der Waals surface area contributed by atoms with Gasteiger partial charge in [-0.3, -0.25) is 4.79 Å². The van der Waals surface area contributed by atoms with Crippen molar-refractivity contribution in [2.45, 2.75) is 31.7 Å². The number of likely N-dealkylation sites (tertiary alicyclic amines) is 1. The van der Waals surface area contributed by atoms with E-state index in [9.17, 15) is 4.79 Å². The Morgan fingerprint density at radius 3 is 2.77 bits per heavy atom. The number of carbonyl (C=O) groups is 1. The quantitative estimate of drug-likeness (QED) is 0.702. The van der Waals surface area contributed by atoms with E-state index in [1.807, 2.05) is 7.05 Å². The van der Waals surface area contributed by atoms with Crippen LogP contribution >= 0.6 is 0 Å². The number of nitrogens with zero attached hydrogens (tertiary/aromatic N) is 1. The molecule has 1 atom stereocenters. The number of carbonyl (C=O) groups excluding carboxylic acids is 1. The lowest BCUT2D eigenvalue weighted by molar-refractivity contribution is -0.117. The maximum Gasteiger partial charge on any atom is 0.221 e. The van der Waals surface area contributed by atoms with Crippen molar-refractivity contribution in [1.29, 1.82) is 0 Å². The highest BCUT2D eigenvalue weighted by atomic mass is 16.1. The molecule has 1 aromatic rings. The van der Waals surface area contributed by atoms with Crippen LogP contribution in [0, 0.1) is 0 Å². The van der Waals surface area contributed by atoms with E-state index in [1.165, 1.54) is 5.56 Å². The topological polar surface area (TPSA) is 70.4 Å². The Labute approximate surface area is 133 Å². The molecule has 0 saturated carbocycles. The minimum Gasteiger partial charge on any atom is -0.379 e. The van der Waals surface area contributed by atoms with Gasteiger partial charge in [0.2, 0.25) is 5.91 Å². The summed E-state index contributed by atoms with van der Waals surface area (Å²) in [7, 11) is 4.08. The molecule has 1 aliphatic heterocycles. The van der Waals surface area contributed by atoms with Crippen LogP contribution in [0.1, 0.15) is 24.5 Å². The summed E-state index contributed by atoms with van der Waals surface area (Å²) in [4.78, 5) is 13.7. The van der Waals surface area contributed by atoms with Gasteiger partial charge in [0.15, 0.2) is 0 Å². The molecule has 2 rings (SSSR count). The molecule has 122 valence electrons. The third-order valence-corrected chi connectivity index (χ3v) is 4.33. The Kier molecular flexibility index (Phi) is 5.42. The van der Waals surface area contributed by atoms with Crippen LogP contribution in [0.5, 0.6) is 0 Å². The fraction of sp³-hybridized carbons (Fsp3) is 0.588. The fourth-order valence-electron chi connectivity index (χ4n) is 3.20. The summed E-state index contributed by atoms with van der Waals surface area (Å²) < 4.78 is 0. The van der Waals surface area contributed by atoms with E-state index in [4.69, 9.17) is 5.73 Å². The minimum absolute atomic E-state index is 0.0885. The molecule has 5 nitrogen and oxygen atoms in total. The van der Waals surface area contributed by atoms with Crippen LogP contribution in [0.2, 0.25) is 0 Å². The van der Waals surface area contributed by atoms with Crippen LogP contribution in [0.25, 0.3) is 0 Å². The molecule has 0 bridgehead atoms. The van der Waals surface area contributed by atoms with Crippen LogP contribution in [0.3, 0.4) is 0 Å². The third-order valence-electron chi connectivity index (χ3n) is 4.33. The molecular formula is C17H28N4O. The van der Waals surface area contributed by atoms with Crippen molar-refractivity contribution >= 4 is 11.6 Å². The maximum absolute atomic E-state index is 11.3. The zero-order valence-corrected chi connectivity index (χ0v) is 13.9. The minimum atomic E-state index is -0.283. The van der Waals surface area contributed by atoms with Gasteiger partial charge in [0.25, 0.3) is 0 Å². The molecular weight excluding hydrogens is 276 g/mol. The second-order valence-corrected chi connectivity index (χ2v) is 6.65. The van der Waals surface area contributed by atoms with Crippen LogP contribution in [-0.2, 0) is 17.6 Å². The monoisotopic (exact) mass is 304 g/mol. The van der Waals surface area contributed by atoms with E-state index in [0.29, 0.717) is 6.42 Å². The summed E-state index contributed by atoms with van der Waals surface area (Å²) in [6, 6.07) is 6.30. The third kappa shape index (κ3) is 4.45. The summed E-state index contributed by atoms with van der Waals surface area (Å²) in [6.45, 7) is 5.28. The highest BCUT2D eigenvalue weighted by molar-refractivity contribution is 5.77. The lowest BCUT2D eigenvalue weighted by Crippen LogP contribution is -2.37. The molecule has 1 heterocycles. The first-order valence-electron chi connectivity index (χ1n) is 7.93. The molecule has 1 aliphatic rings. The van der Waals surface area contributed by atoms with Crippen molar-refractivity contribution in [2.75, 3.05) is 39.0 Å². The van der Waals surface area contributed by atoms with Gasteiger partial charge in [0, 0.05) is 24.3 Å². The van der Waals surface area contributed by atoms with Crippen molar-refractivity contribution < 1.29 is 4.79 Å². The number of nitrogens with two attached hydrogens (primary N) is 1. The maximum atomic E-state index is 11.3. The van der Waals surface area contributed by atoms with E-state index in [-0.39, 0.29) is 11.4 Å². The Hall–Kier alpha value is -1.59. The summed E-state index contributed by atoms with van der Waals surface area (Å²) >= 11 is 0. The summed E-state index contributed by atoms with van der Waals surface area (Å²) in [5, 5.41) is 6.78. The predicted molar refractivity (Wildman–Crippen MR) is 91.1 cm³/mol. The SMILES string of the molecule is CNCCc1ccc(NC2(C)CCN(C)C2)cc1CC(N)=O. The summed E-state index contributed by atoms with van der Waals surface area (Å²) in [5.74, 6) is -0.283. The standard InChI is InChI=1S/C17H28N4O/c1-17(7-9-21(3)12-17)20-15-5-4-13(6-8-19-2)14(10-15)11-16(18)22/h4-5,10,19-20H,6-9,11-12H2,1-3H3,(H2,18,22). The normalized spacial score (nSPS) is 22.0. The molecule has 1 unspecified atom stereocenters. The van der Waals surface area contributed by atoms with Gasteiger partial charge in [-0.15, -0.1) is 0 Å². The molecule has 0 aromatic heterocycles. The van der Waals surface area contributed by atoms with Crippen molar-refractivity contribution in [3.05, 3.63) is 29.3 Å². The van der Waals surface area contributed by atoms with E-state index < -0.39 is 0 Å². The second-order valence-electron chi connectivity index (χ2n) is 6.65. The molecule has 4 N–H and O–H groups in total. The van der Waals surface area contributed by atoms with Crippen LogP contribution in [0.4, 0.5) is 5.69 Å². The average molecular weight is 304 g/mol. The zero-order valence-electron chi connectivity index (χ0n) is 13.9. The zero-order chi connectivity index (χ0) is 16.2. The summed E-state index contributed by atoms with van der Waals surface area (Å²) in [6.07, 6.45) is 2.32. The van der Waals surface area contributed by atoms with Gasteiger partial charge >= 0.3 is 0 Å². The highest BCUT2D eigenvalue weighted by Crippen LogP contribution is 2.26. The number of benzene rings is 1. The van der Waals surface area contributed by atoms with Crippen molar-refractivity contribution in [3.63, 3.8) is 0 Å². The molecule has 1 fully saturated rings. The number of hydrogen-bond acceptors (Lipinski definition) is 4. The van der Waals surface area contributed by atoms with Gasteiger partial charge in [-0.25, -0.2) is 0 Å². The Bertz CT molecular complexity index is 531. The lowest BCUT2D eigenvalue weighted by Gasteiger charge is -2.27. The Balaban J connectivity index is 2.16. The fourth-order valence-corrected chi connectivity index (χ4v) is 3.20. The second kappa shape index (κ2) is 7.11. The van der Waals surface area contributed by atoms with Crippen LogP contribution in [-0.4, -0.2) is 50.1 Å². The number of hydrogen-bond donors (Lipinski definition) is 3. The Morgan fingerprint density at radius 1 is 1.41 bits per heavy atom. The molecule has 22 heavy (non-hydrogen) atoms. The molecule has 0 radical (unpaired) electrons. The number of nitrogens with one attached hydrogen (secondary N) is 2. The van der Waals surface area contributed by atoms with Gasteiger partial charge in [0.05, 0.1) is 6.42 Å². The van der Waals surface area contributed by atoms with Crippen molar-refractivity contribution in [3.8, 4) is 0 Å². The van der Waals surface area contributed by atoms with E-state index in [2.05, 4.69) is 47.7 Å². The van der Waals surface area contributed by atoms with Gasteiger partial charge in [-0.05, 0) is 63.7 Å². The first-order valence-corrected chi connectivity index (χ1v) is 7.93. The number of amides is 1. The smallest absolute Gasteiger partial charge is 0.221 e. The molecule has 0 spiro atoms. The van der Waals surface area contributed by atoms with Gasteiger partial charge in [-0.1, -0.05) is 6.07 Å². The largest absolute Gasteiger partial charge is 0.379 e. The lowest BCUT2D eigenvalue weighted by atomic mass is 9.97. The molecule has 5 heteroatoms. The first-order chi connectivity index (χ1) is 10.4. The number of likely N-dealkylation sites (N-methyl/N-ethyl adjacent to an activating group) is 2. The van der Waals surface area contributed by atoms with E-state index in [1.54, 1.807) is 0 Å². The predicted octanol–water partition coefficient (Wildman–Crippen LogP) is 0.982. The highest BCUT2D eigenvalue weighted by Gasteiger charge is 2.31. The van der Waals surface area contributed by atoms with Crippen molar-refractivity contribution in [2.24, 2.45) is 5.73 Å². The Morgan fingerprint density at radius 2 is 2.18 bits per heavy atom. The number of anilines is 1. The first kappa shape index (κ1) is 16.8. The average Bonchev–Trinajstić information content (AvgIpc) is 2.76. The summed E-state index contributed by atoms with van der Waals surface area (Å²) in [5.41, 5.74) is 8.78. The van der Waals surface area contributed by atoms with E-state index >= 15 is 0 Å². The van der Waals surface area contributed by atoms with E-state index in [0.717, 1.165) is 43.7 Å². The van der Waals surface area contributed by atoms with Crippen LogP contribution in [0.15, 0.2) is 18.2 Å². The van der Waals surface area contributed by atoms with Crippen LogP contribution < -0.4 is 16.4 Å². The molecule has 1 aromatic carbocycles. The number of rotatable bonds is 7. The van der Waals surface area contributed by atoms with Crippen molar-refractivity contribution in [1.82, 2.24) is 10.2 Å². The van der Waals surface area contributed by atoms with Gasteiger partial charge < -0.3 is 21.3 Å². The molecule has 1 amide bonds. The van der Waals surface area contributed by atoms with Gasteiger partial charge in [-0.2, -0.15) is 0 Å². The molecule has 0 aliphatic carbocycles. The molecule has 1 saturated heterocycles. The van der Waals surface area contributed by atoms with Gasteiger partial charge in [0.1, 0.15) is 0 Å². The number of primary amides is 1.